The minimum Gasteiger partial charge on any atom is -0.492 e. The number of hydrogen-bond acceptors (Lipinski definition) is 14. The number of carbonyl (C=O) groups excluding carboxylic acids is 5. The Bertz CT molecular complexity index is 2310. The Labute approximate surface area is 410 Å². The van der Waals surface area contributed by atoms with E-state index in [9.17, 15) is 39.0 Å². The van der Waals surface area contributed by atoms with Crippen molar-refractivity contribution in [3.63, 3.8) is 0 Å². The molecule has 2 aromatic heterocycles. The summed E-state index contributed by atoms with van der Waals surface area (Å²) in [4.78, 5) is 97.6. The number of aromatic nitrogens is 4. The van der Waals surface area contributed by atoms with Gasteiger partial charge in [0, 0.05) is 103 Å². The summed E-state index contributed by atoms with van der Waals surface area (Å²) in [6, 6.07) is 5.02. The third-order valence-electron chi connectivity index (χ3n) is 13.2. The number of terminal acetylenes is 1. The van der Waals surface area contributed by atoms with Crippen molar-refractivity contribution < 1.29 is 39.0 Å². The predicted octanol–water partition coefficient (Wildman–Crippen LogP) is 5.14. The van der Waals surface area contributed by atoms with E-state index in [1.807, 2.05) is 65.2 Å². The molecule has 0 bridgehead atoms. The number of aromatic hydroxyl groups is 1. The number of anilines is 2. The standard InChI is InChI=1S/C49H73N11O8S/c1-12-15-16-17-36(61)54-30-46(4,5)48(8,9)60(39(64)14-3)31-47(6,7)49(10,11)59(38(63)13-2)25-27-69-26-24-51-37(62)23-22-35(44(67)68)56-42(65)32-18-20-33(21-19-32)52-28-34-29-53-41-40(55-34)43(66)58-45(50)57-41/h1,18-21,29,35,52H,13-17,22-28,30-31H2,2-11H3,(H,51,62)(H,54,61)(H,56,65)(H,67,68)(H3,50,53,57,58,66). The molecular formula is C49H73N11O8S. The van der Waals surface area contributed by atoms with Crippen LogP contribution in [0.4, 0.5) is 11.6 Å². The minimum absolute atomic E-state index is 0.0214. The van der Waals surface area contributed by atoms with Gasteiger partial charge in [-0.15, -0.1) is 12.3 Å². The quantitative estimate of drug-likeness (QED) is 0.0367. The molecule has 0 fully saturated rings. The third kappa shape index (κ3) is 15.9. The zero-order valence-electron chi connectivity index (χ0n) is 42.0. The molecule has 0 saturated heterocycles. The maximum atomic E-state index is 13.7. The van der Waals surface area contributed by atoms with E-state index in [4.69, 9.17) is 12.2 Å². The van der Waals surface area contributed by atoms with E-state index in [0.29, 0.717) is 81.2 Å². The smallest absolute Gasteiger partial charge is 0.326 e. The van der Waals surface area contributed by atoms with Crippen LogP contribution in [0.3, 0.4) is 0 Å². The van der Waals surface area contributed by atoms with Crippen LogP contribution in [-0.4, -0.2) is 130 Å². The molecule has 1 atom stereocenters. The third-order valence-corrected chi connectivity index (χ3v) is 14.2. The van der Waals surface area contributed by atoms with Gasteiger partial charge in [0.25, 0.3) is 5.91 Å². The summed E-state index contributed by atoms with van der Waals surface area (Å²) in [5, 5.41) is 31.4. The molecule has 2 heterocycles. The largest absolute Gasteiger partial charge is 0.492 e. The van der Waals surface area contributed by atoms with Crippen LogP contribution in [0.2, 0.25) is 0 Å². The number of thioether (sulfide) groups is 1. The van der Waals surface area contributed by atoms with Crippen LogP contribution >= 0.6 is 11.8 Å². The fourth-order valence-electron chi connectivity index (χ4n) is 7.34. The molecule has 3 aromatic rings. The van der Waals surface area contributed by atoms with Gasteiger partial charge in [0.05, 0.1) is 18.4 Å². The minimum atomic E-state index is -1.31. The molecule has 69 heavy (non-hydrogen) atoms. The second kappa shape index (κ2) is 25.4. The summed E-state index contributed by atoms with van der Waals surface area (Å²) in [6.45, 7) is 21.7. The number of rotatable bonds is 28. The SMILES string of the molecule is C#CCCCC(=O)NCC(C)(C)C(C)(C)N(CC(C)(C)C(C)(C)N(CCSCCNC(=O)CCC(NC(=O)c1ccc(NCc2cnc3nc(N)nc(O)c3n2)cc1)C(=O)O)C(=O)CC)C(=O)CC. The lowest BCUT2D eigenvalue weighted by molar-refractivity contribution is -0.150. The molecule has 378 valence electrons. The molecule has 0 aliphatic carbocycles. The van der Waals surface area contributed by atoms with E-state index < -0.39 is 39.8 Å². The first-order valence-electron chi connectivity index (χ1n) is 23.3. The first-order chi connectivity index (χ1) is 32.3. The van der Waals surface area contributed by atoms with Gasteiger partial charge < -0.3 is 47.0 Å². The number of nitrogen functional groups attached to an aromatic ring is 1. The van der Waals surface area contributed by atoms with Gasteiger partial charge >= 0.3 is 5.97 Å². The van der Waals surface area contributed by atoms with Crippen molar-refractivity contribution in [2.45, 2.75) is 138 Å². The topological polar surface area (TPSA) is 275 Å². The second-order valence-electron chi connectivity index (χ2n) is 19.2. The second-order valence-corrected chi connectivity index (χ2v) is 20.4. The number of carboxylic acids is 1. The number of amides is 5. The number of fused-ring (bicyclic) bond motifs is 1. The average molecular weight is 976 g/mol. The number of carboxylic acid groups (broad SMARTS) is 1. The van der Waals surface area contributed by atoms with Gasteiger partial charge in [0.2, 0.25) is 35.5 Å². The fourth-order valence-corrected chi connectivity index (χ4v) is 8.10. The van der Waals surface area contributed by atoms with Crippen molar-refractivity contribution >= 4 is 70.1 Å². The number of carbonyl (C=O) groups is 6. The number of benzene rings is 1. The molecule has 20 heteroatoms. The molecule has 0 saturated carbocycles. The lowest BCUT2D eigenvalue weighted by atomic mass is 9.69. The molecular weight excluding hydrogens is 903 g/mol. The Morgan fingerprint density at radius 3 is 2.09 bits per heavy atom. The Morgan fingerprint density at radius 2 is 1.46 bits per heavy atom. The highest BCUT2D eigenvalue weighted by molar-refractivity contribution is 7.99. The van der Waals surface area contributed by atoms with E-state index in [-0.39, 0.29) is 71.6 Å². The Kier molecular flexibility index (Phi) is 21.0. The number of hydrogen-bond donors (Lipinski definition) is 7. The number of unbranched alkanes of at least 4 members (excludes halogenated alkanes) is 1. The maximum Gasteiger partial charge on any atom is 0.326 e. The molecule has 0 aliphatic heterocycles. The van der Waals surface area contributed by atoms with E-state index in [0.717, 1.165) is 0 Å². The highest BCUT2D eigenvalue weighted by Gasteiger charge is 2.50. The van der Waals surface area contributed by atoms with Crippen molar-refractivity contribution in [1.82, 2.24) is 45.7 Å². The summed E-state index contributed by atoms with van der Waals surface area (Å²) in [6.07, 6.45) is 8.62. The van der Waals surface area contributed by atoms with Gasteiger partial charge in [-0.2, -0.15) is 21.7 Å². The lowest BCUT2D eigenvalue weighted by Gasteiger charge is -2.56. The molecule has 3 rings (SSSR count). The summed E-state index contributed by atoms with van der Waals surface area (Å²) in [5.41, 5.74) is 4.64. The van der Waals surface area contributed by atoms with Crippen LogP contribution in [0.25, 0.3) is 11.2 Å². The van der Waals surface area contributed by atoms with Crippen LogP contribution in [0.1, 0.15) is 130 Å². The van der Waals surface area contributed by atoms with E-state index in [1.54, 1.807) is 23.9 Å². The van der Waals surface area contributed by atoms with E-state index in [1.165, 1.54) is 18.3 Å². The monoisotopic (exact) mass is 976 g/mol. The number of aliphatic carboxylic acids is 1. The van der Waals surface area contributed by atoms with E-state index in [2.05, 4.69) is 61.0 Å². The average Bonchev–Trinajstić information content (AvgIpc) is 3.29. The number of nitrogens with two attached hydrogens (primary N) is 1. The molecule has 0 aliphatic rings. The van der Waals surface area contributed by atoms with Gasteiger partial charge in [-0.25, -0.2) is 14.8 Å². The van der Waals surface area contributed by atoms with Crippen LogP contribution in [0.15, 0.2) is 30.5 Å². The Morgan fingerprint density at radius 1 is 0.841 bits per heavy atom. The van der Waals surface area contributed by atoms with Crippen molar-refractivity contribution in [3.05, 3.63) is 41.7 Å². The fraction of sp³-hybridized carbons (Fsp3) is 0.592. The predicted molar refractivity (Wildman–Crippen MR) is 269 cm³/mol. The van der Waals surface area contributed by atoms with Crippen LogP contribution in [-0.2, 0) is 30.5 Å². The molecule has 5 amide bonds. The van der Waals surface area contributed by atoms with Crippen molar-refractivity contribution in [2.75, 3.05) is 48.7 Å². The molecule has 19 nitrogen and oxygen atoms in total. The Hall–Kier alpha value is -6.23. The van der Waals surface area contributed by atoms with Crippen molar-refractivity contribution in [1.29, 1.82) is 0 Å². The lowest BCUT2D eigenvalue weighted by Crippen LogP contribution is -2.65. The van der Waals surface area contributed by atoms with Crippen molar-refractivity contribution in [2.24, 2.45) is 10.8 Å². The molecule has 1 unspecified atom stereocenters. The van der Waals surface area contributed by atoms with E-state index >= 15 is 0 Å². The normalized spacial score (nSPS) is 12.4. The summed E-state index contributed by atoms with van der Waals surface area (Å²) >= 11 is 1.57. The molecule has 8 N–H and O–H groups in total. The highest BCUT2D eigenvalue weighted by atomic mass is 32.2. The zero-order valence-corrected chi connectivity index (χ0v) is 42.8. The first kappa shape index (κ1) is 57.1. The zero-order chi connectivity index (χ0) is 51.7. The Balaban J connectivity index is 1.50. The molecule has 1 aromatic carbocycles. The van der Waals surface area contributed by atoms with Gasteiger partial charge in [-0.1, -0.05) is 41.5 Å². The summed E-state index contributed by atoms with van der Waals surface area (Å²) in [5.74, 6) is 0.787. The maximum absolute atomic E-state index is 13.7. The molecule has 0 spiro atoms. The van der Waals surface area contributed by atoms with Gasteiger partial charge in [0.15, 0.2) is 11.2 Å². The van der Waals surface area contributed by atoms with Gasteiger partial charge in [-0.3, -0.25) is 24.0 Å². The summed E-state index contributed by atoms with van der Waals surface area (Å²) in [7, 11) is 0. The van der Waals surface area contributed by atoms with Crippen molar-refractivity contribution in [3.8, 4) is 18.2 Å². The summed E-state index contributed by atoms with van der Waals surface area (Å²) < 4.78 is 0. The number of nitrogens with zero attached hydrogens (tertiary/aromatic N) is 6. The highest BCUT2D eigenvalue weighted by Crippen LogP contribution is 2.42. The number of nitrogens with one attached hydrogen (secondary N) is 4. The van der Waals surface area contributed by atoms with Crippen LogP contribution < -0.4 is 27.0 Å². The van der Waals surface area contributed by atoms with Crippen LogP contribution in [0, 0.1) is 23.2 Å². The van der Waals surface area contributed by atoms with Gasteiger partial charge in [-0.05, 0) is 64.8 Å². The molecule has 0 radical (unpaired) electrons. The first-order valence-corrected chi connectivity index (χ1v) is 24.5. The van der Waals surface area contributed by atoms with Crippen LogP contribution in [0.5, 0.6) is 5.88 Å². The van der Waals surface area contributed by atoms with Gasteiger partial charge in [0.1, 0.15) is 6.04 Å².